The topological polar surface area (TPSA) is 84.2 Å². The molecular weight excluding hydrogens is 309 g/mol. The third kappa shape index (κ3) is 4.24. The highest BCUT2D eigenvalue weighted by atomic mass is 79.9. The SMILES string of the molecule is CC(Nc1ccc(Br)c(Cl)c1)C(=O)NC(N)=O. The van der Waals surface area contributed by atoms with Gasteiger partial charge in [-0.1, -0.05) is 11.6 Å². The molecule has 0 aliphatic rings. The number of carbonyl (C=O) groups is 2. The monoisotopic (exact) mass is 319 g/mol. The predicted octanol–water partition coefficient (Wildman–Crippen LogP) is 2.10. The van der Waals surface area contributed by atoms with E-state index in [-0.39, 0.29) is 0 Å². The number of anilines is 1. The van der Waals surface area contributed by atoms with E-state index >= 15 is 0 Å². The molecule has 0 saturated heterocycles. The molecule has 4 N–H and O–H groups in total. The normalized spacial score (nSPS) is 11.7. The van der Waals surface area contributed by atoms with Crippen LogP contribution >= 0.6 is 27.5 Å². The molecule has 1 unspecified atom stereocenters. The molecule has 7 heteroatoms. The van der Waals surface area contributed by atoms with E-state index in [1.165, 1.54) is 0 Å². The van der Waals surface area contributed by atoms with Crippen molar-refractivity contribution in [2.45, 2.75) is 13.0 Å². The molecule has 0 saturated carbocycles. The second-order valence-corrected chi connectivity index (χ2v) is 4.61. The van der Waals surface area contributed by atoms with Crippen LogP contribution in [-0.2, 0) is 4.79 Å². The Labute approximate surface area is 112 Å². The Morgan fingerprint density at radius 2 is 2.12 bits per heavy atom. The van der Waals surface area contributed by atoms with Gasteiger partial charge in [-0.3, -0.25) is 10.1 Å². The fourth-order valence-corrected chi connectivity index (χ4v) is 1.56. The zero-order valence-corrected chi connectivity index (χ0v) is 11.3. The van der Waals surface area contributed by atoms with Crippen LogP contribution in [0, 0.1) is 0 Å². The number of imide groups is 1. The standard InChI is InChI=1S/C10H11BrClN3O2/c1-5(9(16)15-10(13)17)14-6-2-3-7(11)8(12)4-6/h2-5,14H,1H3,(H3,13,15,16,17). The van der Waals surface area contributed by atoms with Gasteiger partial charge in [-0.25, -0.2) is 4.79 Å². The van der Waals surface area contributed by atoms with Crippen LogP contribution in [0.5, 0.6) is 0 Å². The number of hydrogen-bond donors (Lipinski definition) is 3. The van der Waals surface area contributed by atoms with Gasteiger partial charge in [-0.05, 0) is 41.1 Å². The Hall–Kier alpha value is -1.27. The summed E-state index contributed by atoms with van der Waals surface area (Å²) in [6.45, 7) is 1.61. The van der Waals surface area contributed by atoms with Crippen LogP contribution in [0.25, 0.3) is 0 Å². The second-order valence-electron chi connectivity index (χ2n) is 3.35. The Bertz CT molecular complexity index is 453. The van der Waals surface area contributed by atoms with Crippen LogP contribution in [0.2, 0.25) is 5.02 Å². The molecule has 0 spiro atoms. The van der Waals surface area contributed by atoms with Gasteiger partial charge in [-0.2, -0.15) is 0 Å². The number of nitrogens with one attached hydrogen (secondary N) is 2. The molecular formula is C10H11BrClN3O2. The number of nitrogens with two attached hydrogens (primary N) is 1. The highest BCUT2D eigenvalue weighted by Gasteiger charge is 2.14. The summed E-state index contributed by atoms with van der Waals surface area (Å²) >= 11 is 9.16. The van der Waals surface area contributed by atoms with Crippen molar-refractivity contribution in [3.63, 3.8) is 0 Å². The van der Waals surface area contributed by atoms with Gasteiger partial charge in [0.2, 0.25) is 5.91 Å². The minimum absolute atomic E-state index is 0.503. The highest BCUT2D eigenvalue weighted by molar-refractivity contribution is 9.10. The summed E-state index contributed by atoms with van der Waals surface area (Å²) in [5, 5.41) is 5.40. The summed E-state index contributed by atoms with van der Waals surface area (Å²) in [7, 11) is 0. The maximum absolute atomic E-state index is 11.4. The summed E-state index contributed by atoms with van der Waals surface area (Å²) in [4.78, 5) is 21.9. The fourth-order valence-electron chi connectivity index (χ4n) is 1.13. The van der Waals surface area contributed by atoms with E-state index in [0.717, 1.165) is 4.47 Å². The smallest absolute Gasteiger partial charge is 0.318 e. The van der Waals surface area contributed by atoms with Crippen molar-refractivity contribution in [1.82, 2.24) is 5.32 Å². The number of rotatable bonds is 3. The lowest BCUT2D eigenvalue weighted by atomic mass is 10.2. The quantitative estimate of drug-likeness (QED) is 0.797. The first-order valence-corrected chi connectivity index (χ1v) is 5.89. The van der Waals surface area contributed by atoms with Crippen LogP contribution in [0.4, 0.5) is 10.5 Å². The van der Waals surface area contributed by atoms with Crippen molar-refractivity contribution in [2.75, 3.05) is 5.32 Å². The molecule has 0 aliphatic carbocycles. The van der Waals surface area contributed by atoms with E-state index in [1.807, 2.05) is 5.32 Å². The number of amides is 3. The number of primary amides is 1. The maximum atomic E-state index is 11.4. The van der Waals surface area contributed by atoms with Crippen molar-refractivity contribution >= 4 is 45.2 Å². The number of halogens is 2. The van der Waals surface area contributed by atoms with E-state index < -0.39 is 18.0 Å². The number of hydrogen-bond acceptors (Lipinski definition) is 3. The average Bonchev–Trinajstić information content (AvgIpc) is 2.22. The maximum Gasteiger partial charge on any atom is 0.318 e. The average molecular weight is 321 g/mol. The minimum Gasteiger partial charge on any atom is -0.374 e. The van der Waals surface area contributed by atoms with Gasteiger partial charge in [-0.15, -0.1) is 0 Å². The molecule has 1 atom stereocenters. The van der Waals surface area contributed by atoms with E-state index in [4.69, 9.17) is 17.3 Å². The molecule has 0 aliphatic heterocycles. The zero-order valence-electron chi connectivity index (χ0n) is 8.96. The molecule has 1 aromatic rings. The predicted molar refractivity (Wildman–Crippen MR) is 70.0 cm³/mol. The van der Waals surface area contributed by atoms with Gasteiger partial charge >= 0.3 is 6.03 Å². The Morgan fingerprint density at radius 3 is 2.65 bits per heavy atom. The first-order valence-electron chi connectivity index (χ1n) is 4.72. The number of urea groups is 1. The number of benzene rings is 1. The summed E-state index contributed by atoms with van der Waals surface area (Å²) in [5.41, 5.74) is 5.51. The molecule has 92 valence electrons. The second kappa shape index (κ2) is 5.88. The fraction of sp³-hybridized carbons (Fsp3) is 0.200. The van der Waals surface area contributed by atoms with Crippen LogP contribution in [0.15, 0.2) is 22.7 Å². The van der Waals surface area contributed by atoms with Gasteiger partial charge in [0.25, 0.3) is 0 Å². The largest absolute Gasteiger partial charge is 0.374 e. The van der Waals surface area contributed by atoms with Crippen LogP contribution in [-0.4, -0.2) is 18.0 Å². The molecule has 0 heterocycles. The van der Waals surface area contributed by atoms with E-state index in [0.29, 0.717) is 10.7 Å². The van der Waals surface area contributed by atoms with Crippen molar-refractivity contribution < 1.29 is 9.59 Å². The Morgan fingerprint density at radius 1 is 1.47 bits per heavy atom. The van der Waals surface area contributed by atoms with Crippen molar-refractivity contribution in [1.29, 1.82) is 0 Å². The highest BCUT2D eigenvalue weighted by Crippen LogP contribution is 2.25. The van der Waals surface area contributed by atoms with Gasteiger partial charge in [0.1, 0.15) is 6.04 Å². The van der Waals surface area contributed by atoms with Crippen molar-refractivity contribution in [2.24, 2.45) is 5.73 Å². The molecule has 0 radical (unpaired) electrons. The molecule has 1 rings (SSSR count). The minimum atomic E-state index is -0.877. The van der Waals surface area contributed by atoms with Crippen molar-refractivity contribution in [3.8, 4) is 0 Å². The summed E-state index contributed by atoms with van der Waals surface area (Å²) in [5.74, 6) is -0.503. The lowest BCUT2D eigenvalue weighted by Gasteiger charge is -2.14. The lowest BCUT2D eigenvalue weighted by molar-refractivity contribution is -0.120. The Balaban J connectivity index is 2.67. The van der Waals surface area contributed by atoms with E-state index in [2.05, 4.69) is 21.2 Å². The molecule has 5 nitrogen and oxygen atoms in total. The number of carbonyl (C=O) groups excluding carboxylic acids is 2. The first kappa shape index (κ1) is 13.8. The molecule has 1 aromatic carbocycles. The van der Waals surface area contributed by atoms with Gasteiger partial charge < -0.3 is 11.1 Å². The zero-order chi connectivity index (χ0) is 13.0. The summed E-state index contributed by atoms with van der Waals surface area (Å²) in [6, 6.07) is 3.70. The van der Waals surface area contributed by atoms with E-state index in [9.17, 15) is 9.59 Å². The first-order chi connectivity index (χ1) is 7.90. The molecule has 0 bridgehead atoms. The third-order valence-corrected chi connectivity index (χ3v) is 3.17. The molecule has 0 aromatic heterocycles. The van der Waals surface area contributed by atoms with Crippen LogP contribution < -0.4 is 16.4 Å². The van der Waals surface area contributed by atoms with Gasteiger partial charge in [0.05, 0.1) is 5.02 Å². The van der Waals surface area contributed by atoms with Crippen molar-refractivity contribution in [3.05, 3.63) is 27.7 Å². The molecule has 3 amide bonds. The van der Waals surface area contributed by atoms with Crippen LogP contribution in [0.3, 0.4) is 0 Å². The van der Waals surface area contributed by atoms with E-state index in [1.54, 1.807) is 25.1 Å². The molecule has 0 fully saturated rings. The van der Waals surface area contributed by atoms with Crippen LogP contribution in [0.1, 0.15) is 6.92 Å². The van der Waals surface area contributed by atoms with Gasteiger partial charge in [0.15, 0.2) is 0 Å². The lowest BCUT2D eigenvalue weighted by Crippen LogP contribution is -2.43. The van der Waals surface area contributed by atoms with Gasteiger partial charge in [0, 0.05) is 10.2 Å². The summed E-state index contributed by atoms with van der Waals surface area (Å²) in [6.07, 6.45) is 0. The Kier molecular flexibility index (Phi) is 4.77. The third-order valence-electron chi connectivity index (χ3n) is 1.94. The molecule has 17 heavy (non-hydrogen) atoms. The summed E-state index contributed by atoms with van der Waals surface area (Å²) < 4.78 is 0.763.